The molecule has 0 aliphatic carbocycles. The van der Waals surface area contributed by atoms with E-state index in [-0.39, 0.29) is 24.2 Å². The van der Waals surface area contributed by atoms with Crippen LogP contribution in [0.4, 0.5) is 10.1 Å². The normalized spacial score (nSPS) is 22.7. The summed E-state index contributed by atoms with van der Waals surface area (Å²) >= 11 is 0. The van der Waals surface area contributed by atoms with E-state index in [9.17, 15) is 19.1 Å². The van der Waals surface area contributed by atoms with Crippen molar-refractivity contribution in [2.45, 2.75) is 19.4 Å². The number of amides is 1. The predicted octanol–water partition coefficient (Wildman–Crippen LogP) is 1.56. The Bertz CT molecular complexity index is 504. The third kappa shape index (κ3) is 3.33. The first-order chi connectivity index (χ1) is 9.47. The molecule has 2 N–H and O–H groups in total. The van der Waals surface area contributed by atoms with Crippen molar-refractivity contribution in [3.05, 3.63) is 30.1 Å². The highest BCUT2D eigenvalue weighted by atomic mass is 19.1. The first kappa shape index (κ1) is 14.5. The second kappa shape index (κ2) is 6.00. The van der Waals surface area contributed by atoms with Gasteiger partial charge in [-0.25, -0.2) is 4.39 Å². The van der Waals surface area contributed by atoms with E-state index in [2.05, 4.69) is 5.32 Å². The first-order valence-corrected chi connectivity index (χ1v) is 6.49. The standard InChI is InChI=1S/C14H17FN2O3/c1-9-6-7-17(13(9)14(19)20)8-12(18)16-11-4-2-10(15)3-5-11/h2-5,9,13H,6-8H2,1H3,(H,16,18)(H,19,20). The van der Waals surface area contributed by atoms with Gasteiger partial charge in [0.2, 0.25) is 5.91 Å². The van der Waals surface area contributed by atoms with Crippen molar-refractivity contribution in [2.75, 3.05) is 18.4 Å². The van der Waals surface area contributed by atoms with Crippen LogP contribution in [0, 0.1) is 11.7 Å². The zero-order valence-corrected chi connectivity index (χ0v) is 11.2. The zero-order valence-electron chi connectivity index (χ0n) is 11.2. The van der Waals surface area contributed by atoms with Crippen LogP contribution < -0.4 is 5.32 Å². The number of halogens is 1. The number of rotatable bonds is 4. The number of hydrogen-bond donors (Lipinski definition) is 2. The van der Waals surface area contributed by atoms with Gasteiger partial charge in [-0.15, -0.1) is 0 Å². The molecule has 0 spiro atoms. The number of benzene rings is 1. The molecule has 1 heterocycles. The fourth-order valence-corrected chi connectivity index (χ4v) is 2.52. The molecule has 1 aliphatic rings. The molecule has 20 heavy (non-hydrogen) atoms. The highest BCUT2D eigenvalue weighted by Crippen LogP contribution is 2.23. The van der Waals surface area contributed by atoms with Crippen molar-refractivity contribution in [3.63, 3.8) is 0 Å². The average Bonchev–Trinajstić information content (AvgIpc) is 2.73. The predicted molar refractivity (Wildman–Crippen MR) is 71.8 cm³/mol. The highest BCUT2D eigenvalue weighted by Gasteiger charge is 2.37. The number of nitrogens with one attached hydrogen (secondary N) is 1. The number of carboxylic acids is 1. The Labute approximate surface area is 116 Å². The van der Waals surface area contributed by atoms with Crippen LogP contribution >= 0.6 is 0 Å². The van der Waals surface area contributed by atoms with E-state index in [1.54, 1.807) is 4.90 Å². The summed E-state index contributed by atoms with van der Waals surface area (Å²) < 4.78 is 12.7. The summed E-state index contributed by atoms with van der Waals surface area (Å²) in [6, 6.07) is 4.83. The summed E-state index contributed by atoms with van der Waals surface area (Å²) in [5.74, 6) is -1.53. The minimum atomic E-state index is -0.899. The molecule has 1 aromatic rings. The molecule has 0 bridgehead atoms. The quantitative estimate of drug-likeness (QED) is 0.878. The van der Waals surface area contributed by atoms with Gasteiger partial charge in [0.1, 0.15) is 11.9 Å². The summed E-state index contributed by atoms with van der Waals surface area (Å²) in [6.45, 7) is 2.49. The number of hydrogen-bond acceptors (Lipinski definition) is 3. The molecule has 5 nitrogen and oxygen atoms in total. The molecule has 1 aliphatic heterocycles. The summed E-state index contributed by atoms with van der Waals surface area (Å²) in [6.07, 6.45) is 0.765. The summed E-state index contributed by atoms with van der Waals surface area (Å²) in [4.78, 5) is 24.7. The summed E-state index contributed by atoms with van der Waals surface area (Å²) in [7, 11) is 0. The Kier molecular flexibility index (Phi) is 4.34. The van der Waals surface area contributed by atoms with Crippen molar-refractivity contribution >= 4 is 17.6 Å². The van der Waals surface area contributed by atoms with Crippen LogP contribution in [0.5, 0.6) is 0 Å². The van der Waals surface area contributed by atoms with E-state index < -0.39 is 12.0 Å². The molecule has 1 saturated heterocycles. The topological polar surface area (TPSA) is 69.6 Å². The van der Waals surface area contributed by atoms with E-state index in [0.717, 1.165) is 6.42 Å². The number of anilines is 1. The van der Waals surface area contributed by atoms with Crippen molar-refractivity contribution in [2.24, 2.45) is 5.92 Å². The van der Waals surface area contributed by atoms with Crippen LogP contribution in [0.3, 0.4) is 0 Å². The second-order valence-electron chi connectivity index (χ2n) is 5.07. The van der Waals surface area contributed by atoms with E-state index in [0.29, 0.717) is 12.2 Å². The third-order valence-corrected chi connectivity index (χ3v) is 3.53. The maximum absolute atomic E-state index is 12.7. The number of nitrogens with zero attached hydrogens (tertiary/aromatic N) is 1. The Morgan fingerprint density at radius 1 is 1.40 bits per heavy atom. The van der Waals surface area contributed by atoms with E-state index in [4.69, 9.17) is 0 Å². The lowest BCUT2D eigenvalue weighted by Gasteiger charge is -2.22. The van der Waals surface area contributed by atoms with Gasteiger partial charge in [0.25, 0.3) is 0 Å². The highest BCUT2D eigenvalue weighted by molar-refractivity contribution is 5.92. The van der Waals surface area contributed by atoms with Crippen LogP contribution in [0.2, 0.25) is 0 Å². The number of carboxylic acid groups (broad SMARTS) is 1. The molecule has 1 amide bonds. The van der Waals surface area contributed by atoms with Crippen LogP contribution in [0.25, 0.3) is 0 Å². The van der Waals surface area contributed by atoms with E-state index >= 15 is 0 Å². The molecule has 2 unspecified atom stereocenters. The molecule has 108 valence electrons. The zero-order chi connectivity index (χ0) is 14.7. The fourth-order valence-electron chi connectivity index (χ4n) is 2.52. The lowest BCUT2D eigenvalue weighted by molar-refractivity contribution is -0.143. The third-order valence-electron chi connectivity index (χ3n) is 3.53. The molecule has 0 radical (unpaired) electrons. The van der Waals surface area contributed by atoms with Crippen molar-refractivity contribution in [1.29, 1.82) is 0 Å². The summed E-state index contributed by atoms with van der Waals surface area (Å²) in [5, 5.41) is 11.8. The molecular weight excluding hydrogens is 263 g/mol. The van der Waals surface area contributed by atoms with E-state index in [1.807, 2.05) is 6.92 Å². The minimum absolute atomic E-state index is 0.0265. The lowest BCUT2D eigenvalue weighted by Crippen LogP contribution is -2.43. The van der Waals surface area contributed by atoms with Crippen LogP contribution in [0.15, 0.2) is 24.3 Å². The molecule has 0 saturated carbocycles. The summed E-state index contributed by atoms with van der Waals surface area (Å²) in [5.41, 5.74) is 0.496. The van der Waals surface area contributed by atoms with E-state index in [1.165, 1.54) is 24.3 Å². The molecule has 6 heteroatoms. The minimum Gasteiger partial charge on any atom is -0.480 e. The van der Waals surface area contributed by atoms with Crippen molar-refractivity contribution < 1.29 is 19.1 Å². The molecule has 2 rings (SSSR count). The van der Waals surface area contributed by atoms with Gasteiger partial charge in [-0.1, -0.05) is 6.92 Å². The monoisotopic (exact) mass is 280 g/mol. The lowest BCUT2D eigenvalue weighted by atomic mass is 10.0. The number of carbonyl (C=O) groups is 2. The number of aliphatic carboxylic acids is 1. The van der Waals surface area contributed by atoms with Crippen LogP contribution in [0.1, 0.15) is 13.3 Å². The van der Waals surface area contributed by atoms with Gasteiger partial charge in [0, 0.05) is 5.69 Å². The molecular formula is C14H17FN2O3. The van der Waals surface area contributed by atoms with Gasteiger partial charge in [0.15, 0.2) is 0 Å². The number of carbonyl (C=O) groups excluding carboxylic acids is 1. The van der Waals surface area contributed by atoms with Gasteiger partial charge in [-0.3, -0.25) is 14.5 Å². The molecule has 1 fully saturated rings. The largest absolute Gasteiger partial charge is 0.480 e. The van der Waals surface area contributed by atoms with Gasteiger partial charge < -0.3 is 10.4 Å². The second-order valence-corrected chi connectivity index (χ2v) is 5.07. The maximum atomic E-state index is 12.7. The Morgan fingerprint density at radius 3 is 2.65 bits per heavy atom. The van der Waals surface area contributed by atoms with Gasteiger partial charge in [-0.2, -0.15) is 0 Å². The maximum Gasteiger partial charge on any atom is 0.321 e. The first-order valence-electron chi connectivity index (χ1n) is 6.49. The fraction of sp³-hybridized carbons (Fsp3) is 0.429. The van der Waals surface area contributed by atoms with Gasteiger partial charge in [0.05, 0.1) is 6.54 Å². The molecule has 2 atom stereocenters. The van der Waals surface area contributed by atoms with Crippen LogP contribution in [-0.4, -0.2) is 41.0 Å². The van der Waals surface area contributed by atoms with Gasteiger partial charge >= 0.3 is 5.97 Å². The van der Waals surface area contributed by atoms with Gasteiger partial charge in [-0.05, 0) is 43.1 Å². The Morgan fingerprint density at radius 2 is 2.05 bits per heavy atom. The smallest absolute Gasteiger partial charge is 0.321 e. The Hall–Kier alpha value is -1.95. The Balaban J connectivity index is 1.94. The molecule has 1 aromatic carbocycles. The SMILES string of the molecule is CC1CCN(CC(=O)Nc2ccc(F)cc2)C1C(=O)O. The number of likely N-dealkylation sites (tertiary alicyclic amines) is 1. The van der Waals surface area contributed by atoms with Crippen molar-refractivity contribution in [3.8, 4) is 0 Å². The molecule has 0 aromatic heterocycles. The van der Waals surface area contributed by atoms with Crippen LogP contribution in [-0.2, 0) is 9.59 Å². The van der Waals surface area contributed by atoms with Crippen molar-refractivity contribution in [1.82, 2.24) is 4.90 Å². The average molecular weight is 280 g/mol.